The summed E-state index contributed by atoms with van der Waals surface area (Å²) in [6, 6.07) is 51.8. The zero-order chi connectivity index (χ0) is 38.4. The first kappa shape index (κ1) is 35.9. The summed E-state index contributed by atoms with van der Waals surface area (Å²) in [7, 11) is 0. The number of anilines is 6. The Labute approximate surface area is 324 Å². The van der Waals surface area contributed by atoms with Crippen LogP contribution in [0.15, 0.2) is 140 Å². The number of nitrogens with zero attached hydrogens (tertiary/aromatic N) is 2. The molecule has 0 spiro atoms. The first-order valence-electron chi connectivity index (χ1n) is 19.7. The van der Waals surface area contributed by atoms with Crippen LogP contribution in [0.2, 0.25) is 0 Å². The predicted molar refractivity (Wildman–Crippen MR) is 232 cm³/mol. The Kier molecular flexibility index (Phi) is 8.13. The quantitative estimate of drug-likeness (QED) is 0.163. The van der Waals surface area contributed by atoms with Crippen molar-refractivity contribution in [1.82, 2.24) is 0 Å². The average molecular weight is 709 g/mol. The van der Waals surface area contributed by atoms with Gasteiger partial charge >= 0.3 is 0 Å². The maximum absolute atomic E-state index is 2.57. The van der Waals surface area contributed by atoms with Gasteiger partial charge in [-0.2, -0.15) is 0 Å². The molecular weight excluding hydrogens is 653 g/mol. The van der Waals surface area contributed by atoms with Gasteiger partial charge in [0.15, 0.2) is 0 Å². The van der Waals surface area contributed by atoms with Gasteiger partial charge in [0.2, 0.25) is 0 Å². The lowest BCUT2D eigenvalue weighted by Crippen LogP contribution is -2.54. The van der Waals surface area contributed by atoms with E-state index in [-0.39, 0.29) is 27.1 Å². The lowest BCUT2D eigenvalue weighted by Gasteiger charge is -2.56. The molecular formula is C52H56N2. The highest BCUT2D eigenvalue weighted by Gasteiger charge is 2.72. The summed E-state index contributed by atoms with van der Waals surface area (Å²) >= 11 is 0. The van der Waals surface area contributed by atoms with Crippen LogP contribution < -0.4 is 9.80 Å². The topological polar surface area (TPSA) is 6.48 Å². The van der Waals surface area contributed by atoms with Crippen molar-refractivity contribution >= 4 is 34.1 Å². The minimum Gasteiger partial charge on any atom is -0.310 e. The highest BCUT2D eigenvalue weighted by Crippen LogP contribution is 2.76. The van der Waals surface area contributed by atoms with E-state index in [1.54, 1.807) is 5.56 Å². The normalized spacial score (nSPS) is 17.9. The highest BCUT2D eigenvalue weighted by molar-refractivity contribution is 5.88. The third kappa shape index (κ3) is 4.98. The van der Waals surface area contributed by atoms with Crippen LogP contribution in [0.25, 0.3) is 11.1 Å². The lowest BCUT2D eigenvalue weighted by atomic mass is 9.47. The van der Waals surface area contributed by atoms with Crippen LogP contribution in [-0.2, 0) is 16.2 Å². The molecule has 0 saturated carbocycles. The van der Waals surface area contributed by atoms with E-state index in [1.807, 2.05) is 0 Å². The van der Waals surface area contributed by atoms with E-state index in [1.165, 1.54) is 33.4 Å². The minimum atomic E-state index is -0.0218. The molecule has 2 aliphatic rings. The third-order valence-electron chi connectivity index (χ3n) is 15.0. The van der Waals surface area contributed by atoms with Crippen LogP contribution in [-0.4, -0.2) is 0 Å². The fraction of sp³-hybridized carbons (Fsp3) is 0.308. The first-order valence-corrected chi connectivity index (χ1v) is 19.7. The number of hydrogen-bond acceptors (Lipinski definition) is 2. The molecule has 0 amide bonds. The van der Waals surface area contributed by atoms with Gasteiger partial charge < -0.3 is 9.80 Å². The Morgan fingerprint density at radius 2 is 0.685 bits per heavy atom. The van der Waals surface area contributed by atoms with Crippen LogP contribution in [0.3, 0.4) is 0 Å². The van der Waals surface area contributed by atoms with Crippen LogP contribution in [0.5, 0.6) is 0 Å². The SMILES string of the molecule is Cc1ccc(N(c2ccc(C)cc2)c2cc(-c3cc4c5c(c3)C(C)(C)C(C)(C)C5(C)C(C)(C)C4(C)C)cc(N(c3ccccc3)c3ccccc3)c2)cc1. The highest BCUT2D eigenvalue weighted by atomic mass is 15.2. The second kappa shape index (κ2) is 12.2. The van der Waals surface area contributed by atoms with Crippen molar-refractivity contribution in [3.63, 3.8) is 0 Å². The van der Waals surface area contributed by atoms with E-state index in [9.17, 15) is 0 Å². The molecule has 0 heterocycles. The zero-order valence-electron chi connectivity index (χ0n) is 34.2. The summed E-state index contributed by atoms with van der Waals surface area (Å²) < 4.78 is 0. The molecule has 54 heavy (non-hydrogen) atoms. The van der Waals surface area contributed by atoms with Gasteiger partial charge in [-0.15, -0.1) is 0 Å². The standard InChI is InChI=1S/C52H56N2/c1-35-22-26-41(27-23-35)54(42-28-24-36(2)25-29-42)44-31-37(30-43(34-44)53(39-18-14-12-15-19-39)40-20-16-13-17-21-40)38-32-45-47-46(33-38)49(5,6)51(9,10)52(47,11)50(7,8)48(45,3)4/h12-34H,1-11H3. The van der Waals surface area contributed by atoms with Gasteiger partial charge in [-0.1, -0.05) is 146 Å². The zero-order valence-corrected chi connectivity index (χ0v) is 34.2. The van der Waals surface area contributed by atoms with E-state index < -0.39 is 0 Å². The van der Waals surface area contributed by atoms with Crippen molar-refractivity contribution in [2.45, 2.75) is 92.4 Å². The Hall–Kier alpha value is -5.08. The second-order valence-corrected chi connectivity index (χ2v) is 18.3. The van der Waals surface area contributed by atoms with E-state index in [2.05, 4.69) is 225 Å². The molecule has 6 aromatic carbocycles. The van der Waals surface area contributed by atoms with Crippen molar-refractivity contribution in [2.75, 3.05) is 9.80 Å². The molecule has 0 aliphatic heterocycles. The van der Waals surface area contributed by atoms with Crippen LogP contribution in [0.4, 0.5) is 34.1 Å². The molecule has 0 fully saturated rings. The first-order chi connectivity index (χ1) is 25.5. The smallest absolute Gasteiger partial charge is 0.0488 e. The van der Waals surface area contributed by atoms with E-state index >= 15 is 0 Å². The monoisotopic (exact) mass is 708 g/mol. The van der Waals surface area contributed by atoms with Crippen molar-refractivity contribution < 1.29 is 0 Å². The minimum absolute atomic E-state index is 0.0218. The van der Waals surface area contributed by atoms with Gasteiger partial charge in [0.25, 0.3) is 0 Å². The number of rotatable bonds is 7. The van der Waals surface area contributed by atoms with E-state index in [0.717, 1.165) is 34.1 Å². The van der Waals surface area contributed by atoms with Crippen LogP contribution in [0.1, 0.15) is 90.1 Å². The Balaban J connectivity index is 1.45. The average Bonchev–Trinajstić information content (AvgIpc) is 3.36. The fourth-order valence-corrected chi connectivity index (χ4v) is 10.1. The number of para-hydroxylation sites is 2. The lowest BCUT2D eigenvalue weighted by molar-refractivity contribution is -0.0105. The molecule has 8 rings (SSSR count). The molecule has 6 aromatic rings. The maximum Gasteiger partial charge on any atom is 0.0488 e. The molecule has 0 saturated heterocycles. The third-order valence-corrected chi connectivity index (χ3v) is 15.0. The van der Waals surface area contributed by atoms with Crippen molar-refractivity contribution in [2.24, 2.45) is 10.8 Å². The summed E-state index contributed by atoms with van der Waals surface area (Å²) in [5.41, 5.74) is 16.4. The number of hydrogen-bond donors (Lipinski definition) is 0. The summed E-state index contributed by atoms with van der Waals surface area (Å²) in [5.74, 6) is 0. The van der Waals surface area contributed by atoms with Gasteiger partial charge in [-0.3, -0.25) is 0 Å². The molecule has 2 aliphatic carbocycles. The fourth-order valence-electron chi connectivity index (χ4n) is 10.1. The van der Waals surface area contributed by atoms with Crippen molar-refractivity contribution in [1.29, 1.82) is 0 Å². The predicted octanol–water partition coefficient (Wildman–Crippen LogP) is 14.8. The summed E-state index contributed by atoms with van der Waals surface area (Å²) in [5, 5.41) is 0. The van der Waals surface area contributed by atoms with E-state index in [0.29, 0.717) is 0 Å². The molecule has 0 aromatic heterocycles. The van der Waals surface area contributed by atoms with Gasteiger partial charge in [0.1, 0.15) is 0 Å². The van der Waals surface area contributed by atoms with Crippen molar-refractivity contribution in [3.05, 3.63) is 167 Å². The van der Waals surface area contributed by atoms with Gasteiger partial charge in [0, 0.05) is 39.5 Å². The van der Waals surface area contributed by atoms with Crippen LogP contribution in [0, 0.1) is 24.7 Å². The molecule has 0 radical (unpaired) electrons. The summed E-state index contributed by atoms with van der Waals surface area (Å²) in [6.45, 7) is 26.9. The maximum atomic E-state index is 2.57. The molecule has 274 valence electrons. The van der Waals surface area contributed by atoms with Gasteiger partial charge in [-0.05, 0) is 130 Å². The molecule has 0 unspecified atom stereocenters. The largest absolute Gasteiger partial charge is 0.310 e. The Morgan fingerprint density at radius 3 is 1.06 bits per heavy atom. The van der Waals surface area contributed by atoms with Gasteiger partial charge in [0.05, 0.1) is 0 Å². The number of aryl methyl sites for hydroxylation is 2. The second-order valence-electron chi connectivity index (χ2n) is 18.3. The Morgan fingerprint density at radius 1 is 0.352 bits per heavy atom. The Bertz CT molecular complexity index is 2210. The van der Waals surface area contributed by atoms with E-state index in [4.69, 9.17) is 0 Å². The summed E-state index contributed by atoms with van der Waals surface area (Å²) in [6.07, 6.45) is 0. The molecule has 2 nitrogen and oxygen atoms in total. The van der Waals surface area contributed by atoms with Crippen LogP contribution >= 0.6 is 0 Å². The molecule has 0 atom stereocenters. The molecule has 2 heteroatoms. The van der Waals surface area contributed by atoms with Gasteiger partial charge in [-0.25, -0.2) is 0 Å². The summed E-state index contributed by atoms with van der Waals surface area (Å²) in [4.78, 5) is 4.82. The number of benzene rings is 6. The molecule has 0 N–H and O–H groups in total. The van der Waals surface area contributed by atoms with Crippen molar-refractivity contribution in [3.8, 4) is 11.1 Å². The molecule has 0 bridgehead atoms.